The first-order valence-corrected chi connectivity index (χ1v) is 8.43. The summed E-state index contributed by atoms with van der Waals surface area (Å²) in [5, 5.41) is 11.8. The third kappa shape index (κ3) is 3.72. The fraction of sp³-hybridized carbons (Fsp3) is 0.211. The van der Waals surface area contributed by atoms with Crippen LogP contribution in [0.15, 0.2) is 48.5 Å². The maximum Gasteiger partial charge on any atom is 0.278 e. The first-order chi connectivity index (χ1) is 12.0. The number of benzene rings is 2. The van der Waals surface area contributed by atoms with Crippen LogP contribution in [0.25, 0.3) is 5.69 Å². The van der Waals surface area contributed by atoms with Gasteiger partial charge >= 0.3 is 0 Å². The van der Waals surface area contributed by atoms with E-state index in [1.807, 2.05) is 57.2 Å². The van der Waals surface area contributed by atoms with E-state index in [9.17, 15) is 4.79 Å². The van der Waals surface area contributed by atoms with Gasteiger partial charge in [0, 0.05) is 10.7 Å². The van der Waals surface area contributed by atoms with Crippen molar-refractivity contribution in [2.24, 2.45) is 0 Å². The second kappa shape index (κ2) is 7.07. The maximum absolute atomic E-state index is 12.7. The molecule has 3 rings (SSSR count). The van der Waals surface area contributed by atoms with Crippen LogP contribution in [0, 0.1) is 6.92 Å². The Morgan fingerprint density at radius 2 is 1.72 bits per heavy atom. The molecule has 1 amide bonds. The molecule has 128 valence electrons. The normalized spacial score (nSPS) is 10.9. The van der Waals surface area contributed by atoms with Crippen molar-refractivity contribution in [1.29, 1.82) is 0 Å². The number of anilines is 1. The number of hydrogen-bond acceptors (Lipinski definition) is 3. The Balaban J connectivity index is 1.94. The van der Waals surface area contributed by atoms with E-state index >= 15 is 0 Å². The number of rotatable bonds is 4. The Morgan fingerprint density at radius 1 is 1.08 bits per heavy atom. The predicted molar refractivity (Wildman–Crippen MR) is 99.6 cm³/mol. The Bertz CT molecular complexity index is 883. The van der Waals surface area contributed by atoms with Crippen molar-refractivity contribution in [2.45, 2.75) is 26.7 Å². The lowest BCUT2D eigenvalue weighted by Gasteiger charge is -2.11. The van der Waals surface area contributed by atoms with Crippen molar-refractivity contribution >= 4 is 23.2 Å². The van der Waals surface area contributed by atoms with Gasteiger partial charge in [0.1, 0.15) is 0 Å². The van der Waals surface area contributed by atoms with Gasteiger partial charge in [-0.15, -0.1) is 5.10 Å². The van der Waals surface area contributed by atoms with Crippen LogP contribution in [0.3, 0.4) is 0 Å². The number of carbonyl (C=O) groups excluding carboxylic acids is 1. The van der Waals surface area contributed by atoms with Gasteiger partial charge < -0.3 is 5.32 Å². The molecule has 0 fully saturated rings. The van der Waals surface area contributed by atoms with Crippen LogP contribution in [-0.4, -0.2) is 20.9 Å². The van der Waals surface area contributed by atoms with Crippen LogP contribution in [-0.2, 0) is 0 Å². The number of nitrogens with zero attached hydrogens (tertiary/aromatic N) is 3. The Morgan fingerprint density at radius 3 is 2.32 bits per heavy atom. The van der Waals surface area contributed by atoms with Gasteiger partial charge in [-0.3, -0.25) is 4.79 Å². The lowest BCUT2D eigenvalue weighted by Crippen LogP contribution is -2.16. The average Bonchev–Trinajstić information content (AvgIpc) is 3.03. The molecule has 0 unspecified atom stereocenters. The van der Waals surface area contributed by atoms with Crippen LogP contribution in [0.4, 0.5) is 5.69 Å². The molecule has 1 aromatic heterocycles. The summed E-state index contributed by atoms with van der Waals surface area (Å²) in [7, 11) is 0. The molecular weight excluding hydrogens is 336 g/mol. The van der Waals surface area contributed by atoms with E-state index in [-0.39, 0.29) is 11.8 Å². The maximum atomic E-state index is 12.7. The van der Waals surface area contributed by atoms with Gasteiger partial charge in [0.25, 0.3) is 5.91 Å². The standard InChI is InChI=1S/C19H19ClN4O/c1-12(2)18-17(19(25)21-15-8-4-13(3)5-9-15)22-23-24(18)16-10-6-14(20)7-11-16/h4-12H,1-3H3,(H,21,25). The van der Waals surface area contributed by atoms with E-state index < -0.39 is 0 Å². The zero-order valence-electron chi connectivity index (χ0n) is 14.3. The lowest BCUT2D eigenvalue weighted by atomic mass is 10.1. The zero-order chi connectivity index (χ0) is 18.0. The highest BCUT2D eigenvalue weighted by Gasteiger charge is 2.23. The lowest BCUT2D eigenvalue weighted by molar-refractivity contribution is 0.102. The molecule has 6 heteroatoms. The molecule has 3 aromatic rings. The molecule has 0 radical (unpaired) electrons. The van der Waals surface area contributed by atoms with Crippen molar-refractivity contribution < 1.29 is 4.79 Å². The van der Waals surface area contributed by atoms with E-state index in [0.717, 1.165) is 22.6 Å². The van der Waals surface area contributed by atoms with Crippen LogP contribution >= 0.6 is 11.6 Å². The van der Waals surface area contributed by atoms with E-state index in [4.69, 9.17) is 11.6 Å². The number of aromatic nitrogens is 3. The van der Waals surface area contributed by atoms with Gasteiger partial charge in [-0.2, -0.15) is 0 Å². The molecule has 0 aliphatic heterocycles. The molecule has 1 heterocycles. The summed E-state index contributed by atoms with van der Waals surface area (Å²) in [6.07, 6.45) is 0. The van der Waals surface area contributed by atoms with Gasteiger partial charge in [-0.1, -0.05) is 48.4 Å². The highest BCUT2D eigenvalue weighted by molar-refractivity contribution is 6.30. The summed E-state index contributed by atoms with van der Waals surface area (Å²) in [6.45, 7) is 6.02. The van der Waals surface area contributed by atoms with Crippen LogP contribution < -0.4 is 5.32 Å². The second-order valence-electron chi connectivity index (χ2n) is 6.19. The molecule has 0 spiro atoms. The summed E-state index contributed by atoms with van der Waals surface area (Å²) in [5.74, 6) is -0.197. The van der Waals surface area contributed by atoms with Crippen molar-refractivity contribution in [3.8, 4) is 5.69 Å². The monoisotopic (exact) mass is 354 g/mol. The molecule has 25 heavy (non-hydrogen) atoms. The van der Waals surface area contributed by atoms with Crippen molar-refractivity contribution in [3.63, 3.8) is 0 Å². The smallest absolute Gasteiger partial charge is 0.278 e. The van der Waals surface area contributed by atoms with Crippen LogP contribution in [0.2, 0.25) is 5.02 Å². The third-order valence-electron chi connectivity index (χ3n) is 3.85. The van der Waals surface area contributed by atoms with Crippen molar-refractivity contribution in [2.75, 3.05) is 5.32 Å². The third-order valence-corrected chi connectivity index (χ3v) is 4.10. The second-order valence-corrected chi connectivity index (χ2v) is 6.62. The number of carbonyl (C=O) groups is 1. The molecule has 5 nitrogen and oxygen atoms in total. The molecule has 0 saturated carbocycles. The Kier molecular flexibility index (Phi) is 4.86. The van der Waals surface area contributed by atoms with Gasteiger partial charge in [0.2, 0.25) is 0 Å². The van der Waals surface area contributed by atoms with E-state index in [1.54, 1.807) is 16.8 Å². The summed E-state index contributed by atoms with van der Waals surface area (Å²) in [6, 6.07) is 14.9. The number of amides is 1. The van der Waals surface area contributed by atoms with Gasteiger partial charge in [0.05, 0.1) is 11.4 Å². The molecule has 0 aliphatic carbocycles. The summed E-state index contributed by atoms with van der Waals surface area (Å²) in [5.41, 5.74) is 3.76. The minimum absolute atomic E-state index is 0.0736. The predicted octanol–water partition coefficient (Wildman–Crippen LogP) is 4.60. The summed E-state index contributed by atoms with van der Waals surface area (Å²) >= 11 is 5.95. The topological polar surface area (TPSA) is 59.8 Å². The number of aryl methyl sites for hydroxylation is 1. The number of nitrogens with one attached hydrogen (secondary N) is 1. The first kappa shape index (κ1) is 17.2. The van der Waals surface area contributed by atoms with E-state index in [2.05, 4.69) is 15.6 Å². The fourth-order valence-corrected chi connectivity index (χ4v) is 2.70. The highest BCUT2D eigenvalue weighted by Crippen LogP contribution is 2.23. The summed E-state index contributed by atoms with van der Waals surface area (Å²) < 4.78 is 1.69. The minimum Gasteiger partial charge on any atom is -0.321 e. The SMILES string of the molecule is Cc1ccc(NC(=O)c2nnn(-c3ccc(Cl)cc3)c2C(C)C)cc1. The van der Waals surface area contributed by atoms with Crippen molar-refractivity contribution in [3.05, 3.63) is 70.5 Å². The molecule has 2 aromatic carbocycles. The van der Waals surface area contributed by atoms with E-state index in [0.29, 0.717) is 10.7 Å². The minimum atomic E-state index is -0.271. The van der Waals surface area contributed by atoms with Crippen LogP contribution in [0.5, 0.6) is 0 Å². The molecular formula is C19H19ClN4O. The summed E-state index contributed by atoms with van der Waals surface area (Å²) in [4.78, 5) is 12.7. The van der Waals surface area contributed by atoms with Gasteiger partial charge in [-0.05, 0) is 49.2 Å². The molecule has 1 N–H and O–H groups in total. The largest absolute Gasteiger partial charge is 0.321 e. The van der Waals surface area contributed by atoms with Gasteiger partial charge in [0.15, 0.2) is 5.69 Å². The Hall–Kier alpha value is -2.66. The number of halogens is 1. The zero-order valence-corrected chi connectivity index (χ0v) is 15.1. The number of hydrogen-bond donors (Lipinski definition) is 1. The van der Waals surface area contributed by atoms with E-state index in [1.165, 1.54) is 0 Å². The highest BCUT2D eigenvalue weighted by atomic mass is 35.5. The van der Waals surface area contributed by atoms with Gasteiger partial charge in [-0.25, -0.2) is 4.68 Å². The van der Waals surface area contributed by atoms with Crippen molar-refractivity contribution in [1.82, 2.24) is 15.0 Å². The molecule has 0 bridgehead atoms. The van der Waals surface area contributed by atoms with Crippen LogP contribution in [0.1, 0.15) is 41.5 Å². The average molecular weight is 355 g/mol. The Labute approximate surface area is 151 Å². The molecule has 0 atom stereocenters. The first-order valence-electron chi connectivity index (χ1n) is 8.05. The quantitative estimate of drug-likeness (QED) is 0.744. The fourth-order valence-electron chi connectivity index (χ4n) is 2.57. The molecule has 0 saturated heterocycles. The molecule has 0 aliphatic rings.